The predicted octanol–water partition coefficient (Wildman–Crippen LogP) is 3.92. The van der Waals surface area contributed by atoms with E-state index in [1.54, 1.807) is 24.3 Å². The highest BCUT2D eigenvalue weighted by Gasteiger charge is 2.15. The molecular weight excluding hydrogens is 346 g/mol. The third kappa shape index (κ3) is 2.39. The van der Waals surface area contributed by atoms with E-state index < -0.39 is 0 Å². The first-order valence-corrected chi connectivity index (χ1v) is 6.76. The highest BCUT2D eigenvalue weighted by molar-refractivity contribution is 9.10. The van der Waals surface area contributed by atoms with Crippen LogP contribution in [0.1, 0.15) is 0 Å². The Morgan fingerprint density at radius 3 is 2.85 bits per heavy atom. The van der Waals surface area contributed by atoms with Gasteiger partial charge >= 0.3 is 0 Å². The summed E-state index contributed by atoms with van der Waals surface area (Å²) < 4.78 is 5.86. The van der Waals surface area contributed by atoms with Gasteiger partial charge in [-0.2, -0.15) is 4.98 Å². The first-order valence-electron chi connectivity index (χ1n) is 5.58. The summed E-state index contributed by atoms with van der Waals surface area (Å²) in [6.07, 6.45) is 1.54. The van der Waals surface area contributed by atoms with Gasteiger partial charge in [0.2, 0.25) is 5.82 Å². The van der Waals surface area contributed by atoms with E-state index in [9.17, 15) is 5.11 Å². The van der Waals surface area contributed by atoms with Crippen LogP contribution in [0, 0.1) is 0 Å². The second-order valence-electron chi connectivity index (χ2n) is 3.92. The minimum absolute atomic E-state index is 0.0139. The lowest BCUT2D eigenvalue weighted by molar-refractivity contribution is 0.423. The number of hydrogen-bond acceptors (Lipinski definition) is 5. The molecule has 1 aromatic carbocycles. The van der Waals surface area contributed by atoms with E-state index in [0.717, 1.165) is 10.0 Å². The van der Waals surface area contributed by atoms with Crippen molar-refractivity contribution in [2.45, 2.75) is 0 Å². The van der Waals surface area contributed by atoms with E-state index in [0.29, 0.717) is 10.8 Å². The van der Waals surface area contributed by atoms with Crippen LogP contribution >= 0.6 is 27.5 Å². The van der Waals surface area contributed by atoms with Crippen LogP contribution in [-0.2, 0) is 0 Å². The van der Waals surface area contributed by atoms with Crippen molar-refractivity contribution in [3.63, 3.8) is 0 Å². The fraction of sp³-hybridized carbons (Fsp3) is 0. The normalized spacial score (nSPS) is 10.7. The Morgan fingerprint density at radius 2 is 2.10 bits per heavy atom. The summed E-state index contributed by atoms with van der Waals surface area (Å²) in [5.74, 6) is 0.534. The second-order valence-corrected chi connectivity index (χ2v) is 5.18. The molecule has 0 saturated carbocycles. The number of aromatic hydroxyl groups is 1. The lowest BCUT2D eigenvalue weighted by atomic mass is 10.2. The van der Waals surface area contributed by atoms with Gasteiger partial charge < -0.3 is 9.63 Å². The van der Waals surface area contributed by atoms with Gasteiger partial charge in [-0.15, -0.1) is 0 Å². The van der Waals surface area contributed by atoms with E-state index in [-0.39, 0.29) is 17.3 Å². The van der Waals surface area contributed by atoms with E-state index in [4.69, 9.17) is 16.1 Å². The third-order valence-electron chi connectivity index (χ3n) is 2.59. The maximum atomic E-state index is 9.71. The van der Waals surface area contributed by atoms with Crippen molar-refractivity contribution in [2.24, 2.45) is 0 Å². The number of nitrogens with zero attached hydrogens (tertiary/aromatic N) is 3. The van der Waals surface area contributed by atoms with Crippen LogP contribution in [0.2, 0.25) is 5.02 Å². The monoisotopic (exact) mass is 351 g/mol. The fourth-order valence-electron chi connectivity index (χ4n) is 1.63. The van der Waals surface area contributed by atoms with Crippen molar-refractivity contribution < 1.29 is 9.63 Å². The molecule has 0 saturated heterocycles. The van der Waals surface area contributed by atoms with Crippen LogP contribution in [0.5, 0.6) is 5.75 Å². The zero-order valence-electron chi connectivity index (χ0n) is 9.92. The first-order chi connectivity index (χ1) is 9.65. The second kappa shape index (κ2) is 5.22. The van der Waals surface area contributed by atoms with E-state index in [1.807, 2.05) is 0 Å². The van der Waals surface area contributed by atoms with Gasteiger partial charge in [0.1, 0.15) is 5.75 Å². The quantitative estimate of drug-likeness (QED) is 0.757. The standard InChI is InChI=1S/C13H7BrClN3O2/c14-8-6-7(3-4-9(8)15)12-17-13(20-18-12)11-10(19)2-1-5-16-11/h1-6,19H. The summed E-state index contributed by atoms with van der Waals surface area (Å²) in [5.41, 5.74) is 0.992. The molecule has 2 heterocycles. The molecule has 0 spiro atoms. The summed E-state index contributed by atoms with van der Waals surface area (Å²) in [4.78, 5) is 8.23. The number of pyridine rings is 1. The lowest BCUT2D eigenvalue weighted by Gasteiger charge is -1.98. The molecule has 0 aliphatic rings. The highest BCUT2D eigenvalue weighted by Crippen LogP contribution is 2.30. The summed E-state index contributed by atoms with van der Waals surface area (Å²) in [5, 5.41) is 14.2. The molecule has 3 aromatic rings. The van der Waals surface area contributed by atoms with Crippen molar-refractivity contribution >= 4 is 27.5 Å². The van der Waals surface area contributed by atoms with Crippen LogP contribution in [0.15, 0.2) is 45.5 Å². The van der Waals surface area contributed by atoms with E-state index >= 15 is 0 Å². The average molecular weight is 353 g/mol. The third-order valence-corrected chi connectivity index (χ3v) is 3.81. The molecule has 3 rings (SSSR count). The molecule has 7 heteroatoms. The SMILES string of the molecule is Oc1cccnc1-c1nc(-c2ccc(Cl)c(Br)c2)no1. The molecule has 0 amide bonds. The Bertz CT molecular complexity index is 776. The van der Waals surface area contributed by atoms with Gasteiger partial charge in [0.25, 0.3) is 5.89 Å². The molecule has 0 bridgehead atoms. The van der Waals surface area contributed by atoms with Crippen molar-refractivity contribution in [1.82, 2.24) is 15.1 Å². The molecule has 0 fully saturated rings. The zero-order chi connectivity index (χ0) is 14.1. The Labute approximate surface area is 127 Å². The summed E-state index contributed by atoms with van der Waals surface area (Å²) in [6.45, 7) is 0. The average Bonchev–Trinajstić information content (AvgIpc) is 2.92. The molecule has 0 aliphatic heterocycles. The van der Waals surface area contributed by atoms with E-state index in [2.05, 4.69) is 31.1 Å². The molecule has 100 valence electrons. The number of hydrogen-bond donors (Lipinski definition) is 1. The number of aromatic nitrogens is 3. The lowest BCUT2D eigenvalue weighted by Crippen LogP contribution is -1.84. The molecular formula is C13H7BrClN3O2. The largest absolute Gasteiger partial charge is 0.505 e. The minimum atomic E-state index is -0.0139. The highest BCUT2D eigenvalue weighted by atomic mass is 79.9. The topological polar surface area (TPSA) is 72.0 Å². The molecule has 0 aliphatic carbocycles. The van der Waals surface area contributed by atoms with E-state index in [1.165, 1.54) is 12.3 Å². The predicted molar refractivity (Wildman–Crippen MR) is 77.3 cm³/mol. The summed E-state index contributed by atoms with van der Waals surface area (Å²) in [6, 6.07) is 8.42. The molecule has 5 nitrogen and oxygen atoms in total. The van der Waals surface area contributed by atoms with Crippen molar-refractivity contribution in [2.75, 3.05) is 0 Å². The number of benzene rings is 1. The Morgan fingerprint density at radius 1 is 1.25 bits per heavy atom. The maximum Gasteiger partial charge on any atom is 0.280 e. The minimum Gasteiger partial charge on any atom is -0.505 e. The molecule has 20 heavy (non-hydrogen) atoms. The zero-order valence-corrected chi connectivity index (χ0v) is 12.3. The number of rotatable bonds is 2. The maximum absolute atomic E-state index is 9.71. The van der Waals surface area contributed by atoms with Gasteiger partial charge in [0.05, 0.1) is 5.02 Å². The van der Waals surface area contributed by atoms with Crippen molar-refractivity contribution in [3.8, 4) is 28.7 Å². The molecule has 0 radical (unpaired) electrons. The fourth-order valence-corrected chi connectivity index (χ4v) is 2.13. The van der Waals surface area contributed by atoms with Gasteiger partial charge in [-0.1, -0.05) is 16.8 Å². The Hall–Kier alpha value is -1.92. The van der Waals surface area contributed by atoms with Crippen LogP contribution in [-0.4, -0.2) is 20.2 Å². The molecule has 0 atom stereocenters. The van der Waals surface area contributed by atoms with Gasteiger partial charge in [-0.25, -0.2) is 4.98 Å². The Kier molecular flexibility index (Phi) is 3.42. The smallest absolute Gasteiger partial charge is 0.280 e. The van der Waals surface area contributed by atoms with Crippen LogP contribution in [0.4, 0.5) is 0 Å². The van der Waals surface area contributed by atoms with Crippen LogP contribution in [0.3, 0.4) is 0 Å². The molecule has 0 unspecified atom stereocenters. The Balaban J connectivity index is 2.02. The van der Waals surface area contributed by atoms with Crippen molar-refractivity contribution in [1.29, 1.82) is 0 Å². The molecule has 1 N–H and O–H groups in total. The number of halogens is 2. The summed E-state index contributed by atoms with van der Waals surface area (Å²) >= 11 is 9.27. The van der Waals surface area contributed by atoms with Crippen LogP contribution in [0.25, 0.3) is 23.0 Å². The van der Waals surface area contributed by atoms with Gasteiger partial charge in [0.15, 0.2) is 5.69 Å². The van der Waals surface area contributed by atoms with Gasteiger partial charge in [0, 0.05) is 16.2 Å². The molecule has 2 aromatic heterocycles. The van der Waals surface area contributed by atoms with Crippen molar-refractivity contribution in [3.05, 3.63) is 46.0 Å². The van der Waals surface area contributed by atoms with Crippen LogP contribution < -0.4 is 0 Å². The summed E-state index contributed by atoms with van der Waals surface area (Å²) in [7, 11) is 0. The van der Waals surface area contributed by atoms with Gasteiger partial charge in [-0.3, -0.25) is 0 Å². The first kappa shape index (κ1) is 13.1. The van der Waals surface area contributed by atoms with Gasteiger partial charge in [-0.05, 0) is 46.3 Å².